The van der Waals surface area contributed by atoms with Crippen LogP contribution in [0, 0.1) is 6.92 Å². The summed E-state index contributed by atoms with van der Waals surface area (Å²) in [6, 6.07) is 15.2. The largest absolute Gasteiger partial charge is 0.488 e. The fraction of sp³-hybridized carbons (Fsp3) is 0.200. The fourth-order valence-corrected chi connectivity index (χ4v) is 2.51. The highest BCUT2D eigenvalue weighted by molar-refractivity contribution is 5.96. The van der Waals surface area contributed by atoms with Crippen LogP contribution in [0.2, 0.25) is 0 Å². The molecular weight excluding hydrogens is 318 g/mol. The summed E-state index contributed by atoms with van der Waals surface area (Å²) >= 11 is 0. The molecule has 0 saturated carbocycles. The Morgan fingerprint density at radius 2 is 1.88 bits per heavy atom. The zero-order valence-corrected chi connectivity index (χ0v) is 14.0. The average molecular weight is 337 g/mol. The first-order chi connectivity index (χ1) is 12.1. The van der Waals surface area contributed by atoms with Crippen LogP contribution in [0.25, 0.3) is 6.08 Å². The van der Waals surface area contributed by atoms with Gasteiger partial charge < -0.3 is 14.8 Å². The summed E-state index contributed by atoms with van der Waals surface area (Å²) in [5, 5.41) is 2.75. The molecule has 0 saturated heterocycles. The van der Waals surface area contributed by atoms with Gasteiger partial charge in [-0.15, -0.1) is 0 Å². The van der Waals surface area contributed by atoms with Crippen LogP contribution in [0.3, 0.4) is 0 Å². The van der Waals surface area contributed by atoms with Gasteiger partial charge in [0.15, 0.2) is 6.61 Å². The maximum absolute atomic E-state index is 12.1. The molecule has 2 aromatic carbocycles. The van der Waals surface area contributed by atoms with E-state index in [9.17, 15) is 9.59 Å². The van der Waals surface area contributed by atoms with E-state index in [0.29, 0.717) is 12.1 Å². The Morgan fingerprint density at radius 1 is 1.12 bits per heavy atom. The van der Waals surface area contributed by atoms with Gasteiger partial charge in [-0.25, -0.2) is 4.79 Å². The predicted octanol–water partition coefficient (Wildman–Crippen LogP) is 2.63. The van der Waals surface area contributed by atoms with Crippen LogP contribution in [0.5, 0.6) is 5.75 Å². The van der Waals surface area contributed by atoms with E-state index in [1.165, 1.54) is 0 Å². The Bertz CT molecular complexity index is 826. The molecule has 2 aromatic rings. The molecule has 0 spiro atoms. The van der Waals surface area contributed by atoms with E-state index in [0.717, 1.165) is 22.4 Å². The Hall–Kier alpha value is -3.08. The monoisotopic (exact) mass is 337 g/mol. The van der Waals surface area contributed by atoms with Crippen LogP contribution < -0.4 is 10.1 Å². The van der Waals surface area contributed by atoms with E-state index in [1.54, 1.807) is 6.08 Å². The summed E-state index contributed by atoms with van der Waals surface area (Å²) in [7, 11) is 0. The van der Waals surface area contributed by atoms with E-state index in [-0.39, 0.29) is 19.1 Å². The number of carbonyl (C=O) groups is 2. The van der Waals surface area contributed by atoms with Gasteiger partial charge in [0.05, 0.1) is 5.57 Å². The smallest absolute Gasteiger partial charge is 0.338 e. The zero-order valence-electron chi connectivity index (χ0n) is 14.0. The summed E-state index contributed by atoms with van der Waals surface area (Å²) in [4.78, 5) is 24.0. The highest BCUT2D eigenvalue weighted by Gasteiger charge is 2.19. The van der Waals surface area contributed by atoms with Gasteiger partial charge >= 0.3 is 5.97 Å². The second-order valence-corrected chi connectivity index (χ2v) is 5.78. The van der Waals surface area contributed by atoms with Crippen molar-refractivity contribution in [3.63, 3.8) is 0 Å². The Morgan fingerprint density at radius 3 is 2.72 bits per heavy atom. The van der Waals surface area contributed by atoms with Crippen LogP contribution in [0.1, 0.15) is 16.7 Å². The van der Waals surface area contributed by atoms with E-state index < -0.39 is 5.97 Å². The topological polar surface area (TPSA) is 64.6 Å². The van der Waals surface area contributed by atoms with Crippen molar-refractivity contribution in [2.24, 2.45) is 0 Å². The number of benzene rings is 2. The fourth-order valence-electron chi connectivity index (χ4n) is 2.51. The second-order valence-electron chi connectivity index (χ2n) is 5.78. The van der Waals surface area contributed by atoms with Crippen molar-refractivity contribution in [1.29, 1.82) is 0 Å². The molecule has 0 aliphatic carbocycles. The number of amides is 1. The molecule has 25 heavy (non-hydrogen) atoms. The molecule has 1 N–H and O–H groups in total. The van der Waals surface area contributed by atoms with Gasteiger partial charge in [-0.2, -0.15) is 0 Å². The number of para-hydroxylation sites is 1. The molecule has 3 rings (SSSR count). The molecule has 1 aliphatic heterocycles. The number of nitrogens with one attached hydrogen (secondary N) is 1. The molecule has 5 heteroatoms. The van der Waals surface area contributed by atoms with Crippen molar-refractivity contribution in [1.82, 2.24) is 5.32 Å². The lowest BCUT2D eigenvalue weighted by Crippen LogP contribution is -2.29. The molecule has 0 aromatic heterocycles. The normalized spacial score (nSPS) is 12.4. The summed E-state index contributed by atoms with van der Waals surface area (Å²) in [5.74, 6) is -0.148. The van der Waals surface area contributed by atoms with Crippen molar-refractivity contribution in [3.05, 3.63) is 70.8 Å². The standard InChI is InChI=1S/C20H19NO4/c1-14-6-2-3-8-16(14)11-21-19(22)13-25-20(23)17-10-15-7-4-5-9-18(15)24-12-17/h2-10H,11-13H2,1H3,(H,21,22). The predicted molar refractivity (Wildman–Crippen MR) is 93.9 cm³/mol. The van der Waals surface area contributed by atoms with Crippen molar-refractivity contribution in [3.8, 4) is 5.75 Å². The number of aryl methyl sites for hydroxylation is 1. The highest BCUT2D eigenvalue weighted by Crippen LogP contribution is 2.25. The maximum Gasteiger partial charge on any atom is 0.338 e. The molecule has 5 nitrogen and oxygen atoms in total. The summed E-state index contributed by atoms with van der Waals surface area (Å²) in [6.45, 7) is 2.21. The van der Waals surface area contributed by atoms with E-state index in [4.69, 9.17) is 9.47 Å². The minimum atomic E-state index is -0.541. The first kappa shape index (κ1) is 16.8. The van der Waals surface area contributed by atoms with Gasteiger partial charge in [0, 0.05) is 12.1 Å². The number of hydrogen-bond acceptors (Lipinski definition) is 4. The maximum atomic E-state index is 12.1. The number of fused-ring (bicyclic) bond motifs is 1. The summed E-state index contributed by atoms with van der Waals surface area (Å²) in [6.07, 6.45) is 1.73. The first-order valence-electron chi connectivity index (χ1n) is 8.04. The molecule has 0 bridgehead atoms. The molecule has 128 valence electrons. The lowest BCUT2D eigenvalue weighted by molar-refractivity contribution is -0.145. The van der Waals surface area contributed by atoms with Gasteiger partial charge in [-0.05, 0) is 30.2 Å². The Kier molecular flexibility index (Phi) is 5.14. The van der Waals surface area contributed by atoms with Crippen LogP contribution >= 0.6 is 0 Å². The molecule has 1 amide bonds. The van der Waals surface area contributed by atoms with Gasteiger partial charge in [0.25, 0.3) is 5.91 Å². The average Bonchev–Trinajstić information content (AvgIpc) is 2.65. The summed E-state index contributed by atoms with van der Waals surface area (Å²) in [5.41, 5.74) is 3.35. The number of rotatable bonds is 5. The summed E-state index contributed by atoms with van der Waals surface area (Å²) < 4.78 is 10.6. The minimum Gasteiger partial charge on any atom is -0.488 e. The van der Waals surface area contributed by atoms with E-state index >= 15 is 0 Å². The number of ether oxygens (including phenoxy) is 2. The third-order valence-electron chi connectivity index (χ3n) is 3.97. The third kappa shape index (κ3) is 4.26. The van der Waals surface area contributed by atoms with E-state index in [2.05, 4.69) is 5.32 Å². The molecule has 0 unspecified atom stereocenters. The van der Waals surface area contributed by atoms with E-state index in [1.807, 2.05) is 55.5 Å². The molecular formula is C20H19NO4. The van der Waals surface area contributed by atoms with Crippen LogP contribution in [0.4, 0.5) is 0 Å². The van der Waals surface area contributed by atoms with Gasteiger partial charge in [-0.3, -0.25) is 4.79 Å². The molecule has 0 radical (unpaired) electrons. The van der Waals surface area contributed by atoms with Crippen LogP contribution in [-0.2, 0) is 20.9 Å². The quantitative estimate of drug-likeness (QED) is 0.852. The van der Waals surface area contributed by atoms with Crippen molar-refractivity contribution >= 4 is 18.0 Å². The minimum absolute atomic E-state index is 0.140. The Balaban J connectivity index is 1.50. The van der Waals surface area contributed by atoms with Crippen molar-refractivity contribution in [2.45, 2.75) is 13.5 Å². The molecule has 0 fully saturated rings. The molecule has 0 atom stereocenters. The third-order valence-corrected chi connectivity index (χ3v) is 3.97. The zero-order chi connectivity index (χ0) is 17.6. The lowest BCUT2D eigenvalue weighted by atomic mass is 10.1. The van der Waals surface area contributed by atoms with Crippen LogP contribution in [0.15, 0.2) is 54.1 Å². The number of carbonyl (C=O) groups excluding carboxylic acids is 2. The highest BCUT2D eigenvalue weighted by atomic mass is 16.5. The van der Waals surface area contributed by atoms with Crippen molar-refractivity contribution in [2.75, 3.05) is 13.2 Å². The van der Waals surface area contributed by atoms with Gasteiger partial charge in [0.2, 0.25) is 0 Å². The van der Waals surface area contributed by atoms with Crippen molar-refractivity contribution < 1.29 is 19.1 Å². The van der Waals surface area contributed by atoms with Gasteiger partial charge in [-0.1, -0.05) is 42.5 Å². The molecule has 1 aliphatic rings. The van der Waals surface area contributed by atoms with Gasteiger partial charge in [0.1, 0.15) is 12.4 Å². The number of hydrogen-bond donors (Lipinski definition) is 1. The molecule has 1 heterocycles. The Labute approximate surface area is 146 Å². The lowest BCUT2D eigenvalue weighted by Gasteiger charge is -2.16. The second kappa shape index (κ2) is 7.66. The van der Waals surface area contributed by atoms with Crippen LogP contribution in [-0.4, -0.2) is 25.1 Å². The first-order valence-corrected chi connectivity index (χ1v) is 8.04. The SMILES string of the molecule is Cc1ccccc1CNC(=O)COC(=O)C1=Cc2ccccc2OC1. The number of esters is 1.